The van der Waals surface area contributed by atoms with Crippen molar-refractivity contribution in [2.75, 3.05) is 11.4 Å². The second-order valence-corrected chi connectivity index (χ2v) is 5.79. The van der Waals surface area contributed by atoms with E-state index in [4.69, 9.17) is 0 Å². The summed E-state index contributed by atoms with van der Waals surface area (Å²) in [5.41, 5.74) is 4.13. The third-order valence-electron chi connectivity index (χ3n) is 4.44. The van der Waals surface area contributed by atoms with Gasteiger partial charge in [-0.05, 0) is 55.0 Å². The Hall–Kier alpha value is -1.96. The molecule has 3 rings (SSSR count). The molecule has 110 valence electrons. The van der Waals surface area contributed by atoms with E-state index >= 15 is 0 Å². The van der Waals surface area contributed by atoms with Gasteiger partial charge in [-0.3, -0.25) is 0 Å². The van der Waals surface area contributed by atoms with Crippen LogP contribution < -0.4 is 4.90 Å². The van der Waals surface area contributed by atoms with Crippen molar-refractivity contribution in [2.24, 2.45) is 0 Å². The zero-order valence-electron chi connectivity index (χ0n) is 12.6. The molecule has 1 heterocycles. The summed E-state index contributed by atoms with van der Waals surface area (Å²) in [6.45, 7) is 3.35. The topological polar surface area (TPSA) is 23.5 Å². The number of para-hydroxylation sites is 1. The number of phenolic OH excluding ortho intramolecular Hbond substituents is 1. The maximum Gasteiger partial charge on any atom is 0.115 e. The lowest BCUT2D eigenvalue weighted by Gasteiger charge is -2.34. The molecule has 2 aromatic carbocycles. The number of rotatable bonds is 3. The number of aryl methyl sites for hydroxylation is 1. The maximum atomic E-state index is 9.51. The van der Waals surface area contributed by atoms with E-state index in [1.54, 1.807) is 12.1 Å². The van der Waals surface area contributed by atoms with Crippen LogP contribution in [0.5, 0.6) is 5.75 Å². The molecule has 21 heavy (non-hydrogen) atoms. The number of anilines is 1. The predicted octanol–water partition coefficient (Wildman–Crippen LogP) is 4.69. The molecule has 0 saturated carbocycles. The molecule has 0 bridgehead atoms. The van der Waals surface area contributed by atoms with Crippen LogP contribution in [0.25, 0.3) is 0 Å². The lowest BCUT2D eigenvalue weighted by atomic mass is 10.0. The summed E-state index contributed by atoms with van der Waals surface area (Å²) in [6.07, 6.45) is 4.75. The molecule has 2 heteroatoms. The minimum atomic E-state index is 0.338. The normalized spacial score (nSPS) is 16.1. The minimum absolute atomic E-state index is 0.338. The Labute approximate surface area is 127 Å². The Morgan fingerprint density at radius 3 is 2.57 bits per heavy atom. The molecule has 0 aliphatic carbocycles. The average Bonchev–Trinajstić information content (AvgIpc) is 2.73. The van der Waals surface area contributed by atoms with Crippen LogP contribution in [0, 0.1) is 0 Å². The van der Waals surface area contributed by atoms with Crippen molar-refractivity contribution in [3.05, 3.63) is 59.7 Å². The third-order valence-corrected chi connectivity index (χ3v) is 4.44. The van der Waals surface area contributed by atoms with E-state index in [-0.39, 0.29) is 0 Å². The van der Waals surface area contributed by atoms with Gasteiger partial charge in [-0.2, -0.15) is 0 Å². The first-order chi connectivity index (χ1) is 10.3. The van der Waals surface area contributed by atoms with Gasteiger partial charge in [0.1, 0.15) is 5.75 Å². The third kappa shape index (κ3) is 2.90. The second-order valence-electron chi connectivity index (χ2n) is 5.79. The highest BCUT2D eigenvalue weighted by Gasteiger charge is 2.22. The molecule has 0 saturated heterocycles. The molecular weight excluding hydrogens is 258 g/mol. The fourth-order valence-corrected chi connectivity index (χ4v) is 3.38. The summed E-state index contributed by atoms with van der Waals surface area (Å²) in [7, 11) is 0. The summed E-state index contributed by atoms with van der Waals surface area (Å²) >= 11 is 0. The van der Waals surface area contributed by atoms with Gasteiger partial charge in [0.15, 0.2) is 0 Å². The lowest BCUT2D eigenvalue weighted by molar-refractivity contribution is 0.474. The zero-order chi connectivity index (χ0) is 14.7. The van der Waals surface area contributed by atoms with Crippen molar-refractivity contribution >= 4 is 5.69 Å². The van der Waals surface area contributed by atoms with E-state index in [1.165, 1.54) is 36.1 Å². The van der Waals surface area contributed by atoms with Crippen LogP contribution in [0.15, 0.2) is 48.5 Å². The number of benzene rings is 2. The van der Waals surface area contributed by atoms with Crippen LogP contribution >= 0.6 is 0 Å². The number of phenols is 1. The smallest absolute Gasteiger partial charge is 0.115 e. The van der Waals surface area contributed by atoms with Crippen LogP contribution in [-0.4, -0.2) is 11.7 Å². The summed E-state index contributed by atoms with van der Waals surface area (Å²) in [4.78, 5) is 2.55. The highest BCUT2D eigenvalue weighted by atomic mass is 16.3. The SMILES string of the molecule is CCC(c1ccc(O)cc1)N1CCCCc2ccccc21. The van der Waals surface area contributed by atoms with Crippen LogP contribution in [0.4, 0.5) is 5.69 Å². The van der Waals surface area contributed by atoms with Crippen LogP contribution in [0.1, 0.15) is 43.4 Å². The quantitative estimate of drug-likeness (QED) is 0.882. The van der Waals surface area contributed by atoms with Gasteiger partial charge in [0.2, 0.25) is 0 Å². The van der Waals surface area contributed by atoms with Gasteiger partial charge >= 0.3 is 0 Å². The molecular formula is C19H23NO. The molecule has 0 aromatic heterocycles. The van der Waals surface area contributed by atoms with E-state index in [0.717, 1.165) is 13.0 Å². The fraction of sp³-hybridized carbons (Fsp3) is 0.368. The van der Waals surface area contributed by atoms with Crippen molar-refractivity contribution < 1.29 is 5.11 Å². The number of fused-ring (bicyclic) bond motifs is 1. The first-order valence-electron chi connectivity index (χ1n) is 7.93. The zero-order valence-corrected chi connectivity index (χ0v) is 12.6. The number of nitrogens with zero attached hydrogens (tertiary/aromatic N) is 1. The van der Waals surface area contributed by atoms with Crippen molar-refractivity contribution in [3.8, 4) is 5.75 Å². The van der Waals surface area contributed by atoms with Gasteiger partial charge in [-0.25, -0.2) is 0 Å². The monoisotopic (exact) mass is 281 g/mol. The molecule has 2 nitrogen and oxygen atoms in total. The summed E-state index contributed by atoms with van der Waals surface area (Å²) in [5, 5.41) is 9.51. The van der Waals surface area contributed by atoms with Crippen molar-refractivity contribution in [3.63, 3.8) is 0 Å². The Morgan fingerprint density at radius 1 is 1.05 bits per heavy atom. The Morgan fingerprint density at radius 2 is 1.81 bits per heavy atom. The lowest BCUT2D eigenvalue weighted by Crippen LogP contribution is -2.29. The summed E-state index contributed by atoms with van der Waals surface area (Å²) in [5.74, 6) is 0.338. The summed E-state index contributed by atoms with van der Waals surface area (Å²) in [6, 6.07) is 16.9. The van der Waals surface area contributed by atoms with Gasteiger partial charge in [-0.15, -0.1) is 0 Å². The first kappa shape index (κ1) is 14.0. The van der Waals surface area contributed by atoms with Gasteiger partial charge in [0.05, 0.1) is 6.04 Å². The van der Waals surface area contributed by atoms with E-state index in [9.17, 15) is 5.11 Å². The molecule has 2 aromatic rings. The number of aromatic hydroxyl groups is 1. The van der Waals surface area contributed by atoms with Gasteiger partial charge < -0.3 is 10.0 Å². The Kier molecular flexibility index (Phi) is 4.14. The molecule has 1 N–H and O–H groups in total. The van der Waals surface area contributed by atoms with E-state index in [2.05, 4.69) is 48.2 Å². The first-order valence-corrected chi connectivity index (χ1v) is 7.93. The van der Waals surface area contributed by atoms with E-state index in [0.29, 0.717) is 11.8 Å². The molecule has 0 spiro atoms. The number of hydrogen-bond donors (Lipinski definition) is 1. The van der Waals surface area contributed by atoms with E-state index in [1.807, 2.05) is 0 Å². The van der Waals surface area contributed by atoms with Gasteiger partial charge in [0.25, 0.3) is 0 Å². The average molecular weight is 281 g/mol. The van der Waals surface area contributed by atoms with Crippen molar-refractivity contribution in [1.82, 2.24) is 0 Å². The Bertz CT molecular complexity index is 591. The largest absolute Gasteiger partial charge is 0.508 e. The van der Waals surface area contributed by atoms with Crippen LogP contribution in [-0.2, 0) is 6.42 Å². The summed E-state index contributed by atoms with van der Waals surface area (Å²) < 4.78 is 0. The van der Waals surface area contributed by atoms with Gasteiger partial charge in [-0.1, -0.05) is 37.3 Å². The number of hydrogen-bond acceptors (Lipinski definition) is 2. The highest BCUT2D eigenvalue weighted by molar-refractivity contribution is 5.56. The fourth-order valence-electron chi connectivity index (χ4n) is 3.38. The molecule has 0 amide bonds. The molecule has 0 fully saturated rings. The standard InChI is InChI=1S/C19H23NO/c1-2-18(16-10-12-17(21)13-11-16)20-14-6-5-8-15-7-3-4-9-19(15)20/h3-4,7,9-13,18,21H,2,5-6,8,14H2,1H3. The van der Waals surface area contributed by atoms with Gasteiger partial charge in [0, 0.05) is 12.2 Å². The molecule has 1 aliphatic rings. The molecule has 0 radical (unpaired) electrons. The van der Waals surface area contributed by atoms with Crippen molar-refractivity contribution in [2.45, 2.75) is 38.6 Å². The predicted molar refractivity (Wildman–Crippen MR) is 87.9 cm³/mol. The van der Waals surface area contributed by atoms with Crippen LogP contribution in [0.3, 0.4) is 0 Å². The minimum Gasteiger partial charge on any atom is -0.508 e. The van der Waals surface area contributed by atoms with E-state index < -0.39 is 0 Å². The second kappa shape index (κ2) is 6.21. The highest BCUT2D eigenvalue weighted by Crippen LogP contribution is 2.35. The molecule has 1 unspecified atom stereocenters. The van der Waals surface area contributed by atoms with Crippen LogP contribution in [0.2, 0.25) is 0 Å². The maximum absolute atomic E-state index is 9.51. The molecule has 1 aliphatic heterocycles. The van der Waals surface area contributed by atoms with Crippen molar-refractivity contribution in [1.29, 1.82) is 0 Å². The molecule has 1 atom stereocenters. The Balaban J connectivity index is 1.98.